The molecular weight excluding hydrogens is 404 g/mol. The maximum atomic E-state index is 5.68. The molecule has 106 valence electrons. The zero-order valence-corrected chi connectivity index (χ0v) is 15.0. The number of alkyl halides is 1. The van der Waals surface area contributed by atoms with Gasteiger partial charge in [0, 0.05) is 9.35 Å². The molecule has 1 aromatic carbocycles. The first kappa shape index (κ1) is 14.4. The molecule has 1 aromatic heterocycles. The molecule has 0 radical (unpaired) electrons. The zero-order chi connectivity index (χ0) is 14.1. The molecule has 0 spiro atoms. The first-order valence-corrected chi connectivity index (χ1v) is 9.09. The van der Waals surface area contributed by atoms with Crippen molar-refractivity contribution in [1.82, 2.24) is 0 Å². The molecule has 1 aliphatic heterocycles. The smallest absolute Gasteiger partial charge is 0.162 e. The SMILES string of the molecule is CCc1ccsc1C(Br)c1cc2c(cc1Br)OCCO2. The zero-order valence-electron chi connectivity index (χ0n) is 11.0. The molecule has 0 amide bonds. The number of benzene rings is 1. The van der Waals surface area contributed by atoms with Crippen LogP contribution in [0.1, 0.15) is 27.8 Å². The highest BCUT2D eigenvalue weighted by atomic mass is 79.9. The van der Waals surface area contributed by atoms with Gasteiger partial charge in [-0.15, -0.1) is 11.3 Å². The Morgan fingerprint density at radius 3 is 2.65 bits per heavy atom. The molecule has 2 nitrogen and oxygen atoms in total. The van der Waals surface area contributed by atoms with E-state index in [1.165, 1.54) is 16.0 Å². The minimum absolute atomic E-state index is 0.169. The van der Waals surface area contributed by atoms with Crippen molar-refractivity contribution in [2.75, 3.05) is 13.2 Å². The van der Waals surface area contributed by atoms with Crippen molar-refractivity contribution >= 4 is 43.2 Å². The summed E-state index contributed by atoms with van der Waals surface area (Å²) >= 11 is 9.26. The Morgan fingerprint density at radius 2 is 1.95 bits per heavy atom. The summed E-state index contributed by atoms with van der Waals surface area (Å²) in [6.45, 7) is 3.41. The van der Waals surface area contributed by atoms with Crippen LogP contribution < -0.4 is 9.47 Å². The second-order valence-electron chi connectivity index (χ2n) is 4.54. The van der Waals surface area contributed by atoms with E-state index in [1.807, 2.05) is 6.07 Å². The van der Waals surface area contributed by atoms with E-state index in [2.05, 4.69) is 56.3 Å². The summed E-state index contributed by atoms with van der Waals surface area (Å²) in [7, 11) is 0. The highest BCUT2D eigenvalue weighted by molar-refractivity contribution is 9.11. The number of fused-ring (bicyclic) bond motifs is 1. The Hall–Kier alpha value is -0.520. The highest BCUT2D eigenvalue weighted by Gasteiger charge is 2.22. The highest BCUT2D eigenvalue weighted by Crippen LogP contribution is 2.44. The Labute approximate surface area is 139 Å². The summed E-state index contributed by atoms with van der Waals surface area (Å²) in [5.41, 5.74) is 2.56. The van der Waals surface area contributed by atoms with Crippen LogP contribution in [0.4, 0.5) is 0 Å². The van der Waals surface area contributed by atoms with E-state index >= 15 is 0 Å². The Bertz CT molecular complexity index is 624. The fourth-order valence-corrected chi connectivity index (χ4v) is 5.12. The van der Waals surface area contributed by atoms with Gasteiger partial charge in [-0.25, -0.2) is 0 Å². The maximum Gasteiger partial charge on any atom is 0.162 e. The molecule has 0 bridgehead atoms. The van der Waals surface area contributed by atoms with E-state index in [9.17, 15) is 0 Å². The molecule has 3 rings (SSSR count). The van der Waals surface area contributed by atoms with Crippen LogP contribution >= 0.6 is 43.2 Å². The third kappa shape index (κ3) is 2.63. The molecule has 5 heteroatoms. The lowest BCUT2D eigenvalue weighted by Crippen LogP contribution is -2.15. The van der Waals surface area contributed by atoms with Crippen LogP contribution in [0.2, 0.25) is 0 Å². The molecular formula is C15H14Br2O2S. The number of aryl methyl sites for hydroxylation is 1. The molecule has 20 heavy (non-hydrogen) atoms. The van der Waals surface area contributed by atoms with Crippen LogP contribution in [0.15, 0.2) is 28.1 Å². The van der Waals surface area contributed by atoms with Gasteiger partial charge in [0.2, 0.25) is 0 Å². The fourth-order valence-electron chi connectivity index (χ4n) is 2.28. The number of thiophene rings is 1. The van der Waals surface area contributed by atoms with E-state index in [-0.39, 0.29) is 4.83 Å². The molecule has 2 heterocycles. The van der Waals surface area contributed by atoms with E-state index < -0.39 is 0 Å². The Morgan fingerprint density at radius 1 is 1.25 bits per heavy atom. The van der Waals surface area contributed by atoms with Crippen LogP contribution in [-0.2, 0) is 6.42 Å². The van der Waals surface area contributed by atoms with Crippen LogP contribution in [0.3, 0.4) is 0 Å². The minimum Gasteiger partial charge on any atom is -0.486 e. The van der Waals surface area contributed by atoms with Gasteiger partial charge in [-0.05, 0) is 41.1 Å². The monoisotopic (exact) mass is 416 g/mol. The largest absolute Gasteiger partial charge is 0.486 e. The van der Waals surface area contributed by atoms with Crippen molar-refractivity contribution in [1.29, 1.82) is 0 Å². The lowest BCUT2D eigenvalue weighted by atomic mass is 10.1. The quantitative estimate of drug-likeness (QED) is 0.628. The second kappa shape index (κ2) is 6.08. The topological polar surface area (TPSA) is 18.5 Å². The molecule has 0 fully saturated rings. The van der Waals surface area contributed by atoms with Crippen LogP contribution in [0, 0.1) is 0 Å². The van der Waals surface area contributed by atoms with E-state index in [1.54, 1.807) is 11.3 Å². The van der Waals surface area contributed by atoms with Crippen LogP contribution in [0.25, 0.3) is 0 Å². The van der Waals surface area contributed by atoms with Crippen LogP contribution in [0.5, 0.6) is 11.5 Å². The summed E-state index contributed by atoms with van der Waals surface area (Å²) < 4.78 is 12.3. The first-order valence-electron chi connectivity index (χ1n) is 6.50. The van der Waals surface area contributed by atoms with Crippen molar-refractivity contribution in [3.8, 4) is 11.5 Å². The predicted molar refractivity (Wildman–Crippen MR) is 89.6 cm³/mol. The average molecular weight is 418 g/mol. The lowest BCUT2D eigenvalue weighted by Gasteiger charge is -2.21. The van der Waals surface area contributed by atoms with Gasteiger partial charge >= 0.3 is 0 Å². The van der Waals surface area contributed by atoms with Gasteiger partial charge in [0.1, 0.15) is 13.2 Å². The number of rotatable bonds is 3. The number of hydrogen-bond acceptors (Lipinski definition) is 3. The molecule has 2 aromatic rings. The van der Waals surface area contributed by atoms with Gasteiger partial charge in [-0.1, -0.05) is 38.8 Å². The maximum absolute atomic E-state index is 5.68. The Balaban J connectivity index is 2.01. The van der Waals surface area contributed by atoms with Gasteiger partial charge in [0.05, 0.1) is 4.83 Å². The van der Waals surface area contributed by atoms with Gasteiger partial charge in [-0.3, -0.25) is 0 Å². The number of halogens is 2. The predicted octanol–water partition coefficient (Wildman–Crippen LogP) is 5.33. The van der Waals surface area contributed by atoms with Crippen LogP contribution in [-0.4, -0.2) is 13.2 Å². The van der Waals surface area contributed by atoms with E-state index in [0.29, 0.717) is 13.2 Å². The summed E-state index contributed by atoms with van der Waals surface area (Å²) in [6, 6.07) is 6.26. The molecule has 1 atom stereocenters. The molecule has 0 aliphatic carbocycles. The third-order valence-corrected chi connectivity index (χ3v) is 6.29. The minimum atomic E-state index is 0.169. The van der Waals surface area contributed by atoms with Crippen molar-refractivity contribution in [3.63, 3.8) is 0 Å². The van der Waals surface area contributed by atoms with Crippen molar-refractivity contribution in [2.45, 2.75) is 18.2 Å². The molecule has 0 saturated heterocycles. The normalized spacial score (nSPS) is 15.2. The fraction of sp³-hybridized carbons (Fsp3) is 0.333. The summed E-state index contributed by atoms with van der Waals surface area (Å²) in [5.74, 6) is 1.64. The Kier molecular flexibility index (Phi) is 4.38. The average Bonchev–Trinajstić information content (AvgIpc) is 2.94. The van der Waals surface area contributed by atoms with Crippen molar-refractivity contribution < 1.29 is 9.47 Å². The van der Waals surface area contributed by atoms with E-state index in [0.717, 1.165) is 22.4 Å². The van der Waals surface area contributed by atoms with Crippen molar-refractivity contribution in [2.24, 2.45) is 0 Å². The first-order chi connectivity index (χ1) is 9.70. The summed E-state index contributed by atoms with van der Waals surface area (Å²) in [4.78, 5) is 1.52. The van der Waals surface area contributed by atoms with E-state index in [4.69, 9.17) is 9.47 Å². The second-order valence-corrected chi connectivity index (χ2v) is 7.26. The van der Waals surface area contributed by atoms with Gasteiger partial charge < -0.3 is 9.47 Å². The summed E-state index contributed by atoms with van der Waals surface area (Å²) in [5, 5.41) is 2.15. The third-order valence-electron chi connectivity index (χ3n) is 3.33. The molecule has 1 unspecified atom stereocenters. The standard InChI is InChI=1S/C15H14Br2O2S/c1-2-9-3-6-20-15(9)14(17)10-7-12-13(8-11(10)16)19-5-4-18-12/h3,6-8,14H,2,4-5H2,1H3. The molecule has 0 N–H and O–H groups in total. The van der Waals surface area contributed by atoms with Gasteiger partial charge in [-0.2, -0.15) is 0 Å². The summed E-state index contributed by atoms with van der Waals surface area (Å²) in [6.07, 6.45) is 1.04. The lowest BCUT2D eigenvalue weighted by molar-refractivity contribution is 0.171. The van der Waals surface area contributed by atoms with Gasteiger partial charge in [0.25, 0.3) is 0 Å². The molecule has 1 aliphatic rings. The molecule has 0 saturated carbocycles. The van der Waals surface area contributed by atoms with Gasteiger partial charge in [0.15, 0.2) is 11.5 Å². The number of hydrogen-bond donors (Lipinski definition) is 0. The van der Waals surface area contributed by atoms with Crippen molar-refractivity contribution in [3.05, 3.63) is 44.1 Å². The number of ether oxygens (including phenoxy) is 2.